The Kier molecular flexibility index (Phi) is 6.13. The zero-order valence-corrected chi connectivity index (χ0v) is 12.8. The summed E-state index contributed by atoms with van der Waals surface area (Å²) < 4.78 is 0. The van der Waals surface area contributed by atoms with Crippen molar-refractivity contribution in [2.45, 2.75) is 53.0 Å². The molecule has 0 aromatic rings. The minimum absolute atomic E-state index is 0.119. The highest BCUT2D eigenvalue weighted by Crippen LogP contribution is 2.18. The lowest BCUT2D eigenvalue weighted by molar-refractivity contribution is -0.136. The lowest BCUT2D eigenvalue weighted by Crippen LogP contribution is -2.46. The van der Waals surface area contributed by atoms with Gasteiger partial charge in [-0.3, -0.25) is 4.79 Å². The first-order valence-corrected chi connectivity index (χ1v) is 7.40. The van der Waals surface area contributed by atoms with Crippen molar-refractivity contribution in [3.63, 3.8) is 0 Å². The van der Waals surface area contributed by atoms with Gasteiger partial charge in [-0.2, -0.15) is 0 Å². The molecule has 0 saturated carbocycles. The molecule has 0 aromatic carbocycles. The number of carbonyl (C=O) groups is 1. The van der Waals surface area contributed by atoms with Crippen LogP contribution in [0.25, 0.3) is 0 Å². The van der Waals surface area contributed by atoms with Crippen LogP contribution in [0.2, 0.25) is 0 Å². The predicted octanol–water partition coefficient (Wildman–Crippen LogP) is 2.61. The molecule has 3 nitrogen and oxygen atoms in total. The van der Waals surface area contributed by atoms with Crippen LogP contribution < -0.4 is 0 Å². The Morgan fingerprint density at radius 2 is 1.78 bits per heavy atom. The first kappa shape index (κ1) is 15.5. The van der Waals surface area contributed by atoms with E-state index in [2.05, 4.69) is 18.7 Å². The van der Waals surface area contributed by atoms with Crippen LogP contribution in [0.4, 0.5) is 0 Å². The zero-order chi connectivity index (χ0) is 13.7. The van der Waals surface area contributed by atoms with Crippen molar-refractivity contribution < 1.29 is 4.79 Å². The molecule has 1 saturated heterocycles. The molecule has 0 spiro atoms. The number of piperidine rings is 1. The van der Waals surface area contributed by atoms with Gasteiger partial charge in [-0.1, -0.05) is 27.7 Å². The van der Waals surface area contributed by atoms with Crippen LogP contribution in [-0.2, 0) is 4.79 Å². The molecule has 0 radical (unpaired) electrons. The number of rotatable bonds is 5. The molecule has 1 rings (SSSR count). The molecular weight excluding hydrogens is 224 g/mol. The van der Waals surface area contributed by atoms with Crippen LogP contribution in [0, 0.1) is 11.8 Å². The standard InChI is InChI=1S/C15H30N2O/c1-12(2)6-9-17-10-7-14(8-11-17)16(5)15(18)13(3)4/h12-14H,6-11H2,1-5H3. The first-order valence-electron chi connectivity index (χ1n) is 7.40. The summed E-state index contributed by atoms with van der Waals surface area (Å²) in [5.74, 6) is 1.19. The monoisotopic (exact) mass is 254 g/mol. The van der Waals surface area contributed by atoms with E-state index in [0.717, 1.165) is 31.8 Å². The van der Waals surface area contributed by atoms with E-state index in [9.17, 15) is 4.79 Å². The maximum atomic E-state index is 12.0. The number of likely N-dealkylation sites (tertiary alicyclic amines) is 1. The molecule has 1 amide bonds. The number of hydrogen-bond donors (Lipinski definition) is 0. The fraction of sp³-hybridized carbons (Fsp3) is 0.933. The highest BCUT2D eigenvalue weighted by molar-refractivity contribution is 5.78. The summed E-state index contributed by atoms with van der Waals surface area (Å²) in [6.45, 7) is 12.0. The summed E-state index contributed by atoms with van der Waals surface area (Å²) in [6.07, 6.45) is 3.55. The number of nitrogens with zero attached hydrogens (tertiary/aromatic N) is 2. The van der Waals surface area contributed by atoms with Crippen LogP contribution >= 0.6 is 0 Å². The molecule has 0 N–H and O–H groups in total. The lowest BCUT2D eigenvalue weighted by Gasteiger charge is -2.37. The highest BCUT2D eigenvalue weighted by atomic mass is 16.2. The molecule has 1 fully saturated rings. The van der Waals surface area contributed by atoms with Gasteiger partial charge >= 0.3 is 0 Å². The molecular formula is C15H30N2O. The van der Waals surface area contributed by atoms with Crippen LogP contribution in [0.3, 0.4) is 0 Å². The Bertz CT molecular complexity index is 255. The molecule has 0 atom stereocenters. The molecule has 0 aliphatic carbocycles. The Hall–Kier alpha value is -0.570. The van der Waals surface area contributed by atoms with Gasteiger partial charge in [0, 0.05) is 32.1 Å². The predicted molar refractivity (Wildman–Crippen MR) is 76.5 cm³/mol. The lowest BCUT2D eigenvalue weighted by atomic mass is 10.0. The molecule has 1 aliphatic rings. The van der Waals surface area contributed by atoms with Crippen molar-refractivity contribution in [2.75, 3.05) is 26.7 Å². The van der Waals surface area contributed by atoms with Crippen LogP contribution in [0.5, 0.6) is 0 Å². The van der Waals surface area contributed by atoms with Crippen LogP contribution in [0.15, 0.2) is 0 Å². The van der Waals surface area contributed by atoms with Gasteiger partial charge in [0.1, 0.15) is 0 Å². The van der Waals surface area contributed by atoms with Crippen molar-refractivity contribution >= 4 is 5.91 Å². The summed E-state index contributed by atoms with van der Waals surface area (Å²) in [7, 11) is 1.97. The Balaban J connectivity index is 2.32. The van der Waals surface area contributed by atoms with Crippen LogP contribution in [0.1, 0.15) is 47.0 Å². The van der Waals surface area contributed by atoms with E-state index >= 15 is 0 Å². The van der Waals surface area contributed by atoms with Gasteiger partial charge in [-0.25, -0.2) is 0 Å². The summed E-state index contributed by atoms with van der Waals surface area (Å²) in [5.41, 5.74) is 0. The molecule has 18 heavy (non-hydrogen) atoms. The minimum atomic E-state index is 0.119. The van der Waals surface area contributed by atoms with Gasteiger partial charge in [0.15, 0.2) is 0 Å². The van der Waals surface area contributed by atoms with Gasteiger partial charge in [0.2, 0.25) is 5.91 Å². The van der Waals surface area contributed by atoms with E-state index in [1.807, 2.05) is 25.8 Å². The average molecular weight is 254 g/mol. The molecule has 0 aromatic heterocycles. The van der Waals surface area contributed by atoms with Gasteiger partial charge in [-0.15, -0.1) is 0 Å². The molecule has 106 valence electrons. The molecule has 0 unspecified atom stereocenters. The van der Waals surface area contributed by atoms with Gasteiger partial charge in [-0.05, 0) is 31.7 Å². The number of hydrogen-bond acceptors (Lipinski definition) is 2. The third-order valence-electron chi connectivity index (χ3n) is 3.97. The average Bonchev–Trinajstić information content (AvgIpc) is 2.35. The van der Waals surface area contributed by atoms with Crippen molar-refractivity contribution in [1.29, 1.82) is 0 Å². The maximum absolute atomic E-state index is 12.0. The molecule has 1 aliphatic heterocycles. The van der Waals surface area contributed by atoms with Gasteiger partial charge in [0.05, 0.1) is 0 Å². The Morgan fingerprint density at radius 3 is 2.22 bits per heavy atom. The van der Waals surface area contributed by atoms with Crippen molar-refractivity contribution in [1.82, 2.24) is 9.80 Å². The van der Waals surface area contributed by atoms with Crippen molar-refractivity contribution in [2.24, 2.45) is 11.8 Å². The summed E-state index contributed by atoms with van der Waals surface area (Å²) in [6, 6.07) is 0.454. The second-order valence-electron chi connectivity index (χ2n) is 6.36. The normalized spacial score (nSPS) is 18.6. The minimum Gasteiger partial charge on any atom is -0.342 e. The van der Waals surface area contributed by atoms with E-state index in [1.165, 1.54) is 13.0 Å². The summed E-state index contributed by atoms with van der Waals surface area (Å²) in [4.78, 5) is 16.5. The number of carbonyl (C=O) groups excluding carboxylic acids is 1. The van der Waals surface area contributed by atoms with Crippen molar-refractivity contribution in [3.05, 3.63) is 0 Å². The van der Waals surface area contributed by atoms with Gasteiger partial charge < -0.3 is 9.80 Å². The second-order valence-corrected chi connectivity index (χ2v) is 6.36. The molecule has 1 heterocycles. The van der Waals surface area contributed by atoms with E-state index in [0.29, 0.717) is 6.04 Å². The topological polar surface area (TPSA) is 23.6 Å². The first-order chi connectivity index (χ1) is 8.41. The highest BCUT2D eigenvalue weighted by Gasteiger charge is 2.26. The molecule has 0 bridgehead atoms. The third-order valence-corrected chi connectivity index (χ3v) is 3.97. The SMILES string of the molecule is CC(C)CCN1CCC(N(C)C(=O)C(C)C)CC1. The van der Waals surface area contributed by atoms with E-state index in [4.69, 9.17) is 0 Å². The number of amides is 1. The zero-order valence-electron chi connectivity index (χ0n) is 12.8. The second kappa shape index (κ2) is 7.13. The fourth-order valence-electron chi connectivity index (χ4n) is 2.56. The third kappa shape index (κ3) is 4.60. The Morgan fingerprint density at radius 1 is 1.22 bits per heavy atom. The van der Waals surface area contributed by atoms with Gasteiger partial charge in [0.25, 0.3) is 0 Å². The van der Waals surface area contributed by atoms with E-state index < -0.39 is 0 Å². The van der Waals surface area contributed by atoms with Crippen molar-refractivity contribution in [3.8, 4) is 0 Å². The maximum Gasteiger partial charge on any atom is 0.225 e. The summed E-state index contributed by atoms with van der Waals surface area (Å²) >= 11 is 0. The fourth-order valence-corrected chi connectivity index (χ4v) is 2.56. The van der Waals surface area contributed by atoms with E-state index in [1.54, 1.807) is 0 Å². The van der Waals surface area contributed by atoms with E-state index in [-0.39, 0.29) is 11.8 Å². The Labute approximate surface area is 113 Å². The quantitative estimate of drug-likeness (QED) is 0.753. The smallest absolute Gasteiger partial charge is 0.225 e. The largest absolute Gasteiger partial charge is 0.342 e. The molecule has 3 heteroatoms. The summed E-state index contributed by atoms with van der Waals surface area (Å²) in [5, 5.41) is 0. The van der Waals surface area contributed by atoms with Crippen LogP contribution in [-0.4, -0.2) is 48.4 Å².